The zero-order chi connectivity index (χ0) is 18.7. The van der Waals surface area contributed by atoms with Crippen molar-refractivity contribution in [3.05, 3.63) is 22.1 Å². The van der Waals surface area contributed by atoms with E-state index in [-0.39, 0.29) is 29.9 Å². The number of rotatable bonds is 5. The minimum Gasteiger partial charge on any atom is -0.389 e. The first-order valence-corrected chi connectivity index (χ1v) is 9.41. The number of likely N-dealkylation sites (tertiary alicyclic amines) is 1. The molecule has 0 aromatic carbocycles. The van der Waals surface area contributed by atoms with Gasteiger partial charge in [-0.1, -0.05) is 19.3 Å². The number of likely N-dealkylation sites (N-methyl/N-ethyl adjacent to an activating group) is 1. The molecular formula is C18H29N5O3. The maximum absolute atomic E-state index is 12.6. The summed E-state index contributed by atoms with van der Waals surface area (Å²) in [5.74, 6) is 0.161. The Morgan fingerprint density at radius 1 is 1.46 bits per heavy atom. The van der Waals surface area contributed by atoms with Crippen LogP contribution in [-0.2, 0) is 11.3 Å². The van der Waals surface area contributed by atoms with E-state index in [1.54, 1.807) is 0 Å². The van der Waals surface area contributed by atoms with E-state index in [9.17, 15) is 14.7 Å². The smallest absolute Gasteiger partial charge is 0.252 e. The molecule has 0 radical (unpaired) electrons. The van der Waals surface area contributed by atoms with Gasteiger partial charge in [0.25, 0.3) is 5.56 Å². The van der Waals surface area contributed by atoms with Crippen molar-refractivity contribution in [1.29, 1.82) is 0 Å². The first-order chi connectivity index (χ1) is 12.3. The lowest BCUT2D eigenvalue weighted by molar-refractivity contribution is -0.136. The monoisotopic (exact) mass is 363 g/mol. The molecule has 1 aromatic heterocycles. The van der Waals surface area contributed by atoms with Gasteiger partial charge in [-0.15, -0.1) is 0 Å². The third kappa shape index (κ3) is 4.62. The lowest BCUT2D eigenvalue weighted by atomic mass is 9.82. The van der Waals surface area contributed by atoms with Crippen LogP contribution in [0.2, 0.25) is 0 Å². The largest absolute Gasteiger partial charge is 0.389 e. The molecule has 0 spiro atoms. The molecule has 8 heteroatoms. The van der Waals surface area contributed by atoms with Gasteiger partial charge in [0.15, 0.2) is 0 Å². The normalized spacial score (nSPS) is 22.7. The van der Waals surface area contributed by atoms with Gasteiger partial charge in [0.1, 0.15) is 0 Å². The Bertz CT molecular complexity index is 698. The maximum Gasteiger partial charge on any atom is 0.252 e. The molecule has 26 heavy (non-hydrogen) atoms. The van der Waals surface area contributed by atoms with E-state index in [2.05, 4.69) is 14.9 Å². The van der Waals surface area contributed by atoms with E-state index in [0.29, 0.717) is 25.3 Å². The molecule has 0 bridgehead atoms. The number of anilines is 1. The van der Waals surface area contributed by atoms with Gasteiger partial charge in [0.05, 0.1) is 17.7 Å². The van der Waals surface area contributed by atoms with Crippen LogP contribution in [0.25, 0.3) is 0 Å². The zero-order valence-electron chi connectivity index (χ0n) is 15.4. The van der Waals surface area contributed by atoms with Crippen LogP contribution in [0.1, 0.15) is 50.6 Å². The van der Waals surface area contributed by atoms with E-state index >= 15 is 0 Å². The highest BCUT2D eigenvalue weighted by Crippen LogP contribution is 2.32. The van der Waals surface area contributed by atoms with Crippen LogP contribution in [0.4, 0.5) is 5.95 Å². The number of nitrogens with zero attached hydrogens (tertiary/aromatic N) is 3. The minimum atomic E-state index is -0.814. The van der Waals surface area contributed by atoms with E-state index in [0.717, 1.165) is 38.5 Å². The van der Waals surface area contributed by atoms with Crippen LogP contribution in [-0.4, -0.2) is 62.6 Å². The van der Waals surface area contributed by atoms with E-state index in [1.165, 1.54) is 6.07 Å². The van der Waals surface area contributed by atoms with Gasteiger partial charge >= 0.3 is 0 Å². The van der Waals surface area contributed by atoms with Crippen LogP contribution in [0, 0.1) is 0 Å². The number of carbonyl (C=O) groups excluding carboxylic acids is 1. The van der Waals surface area contributed by atoms with Crippen molar-refractivity contribution in [2.24, 2.45) is 0 Å². The first kappa shape index (κ1) is 18.8. The highest BCUT2D eigenvalue weighted by Gasteiger charge is 2.36. The molecule has 1 aliphatic heterocycles. The van der Waals surface area contributed by atoms with Gasteiger partial charge < -0.3 is 15.7 Å². The summed E-state index contributed by atoms with van der Waals surface area (Å²) in [5.41, 5.74) is 5.14. The fourth-order valence-electron chi connectivity index (χ4n) is 4.10. The second-order valence-electron chi connectivity index (χ2n) is 7.78. The second-order valence-corrected chi connectivity index (χ2v) is 7.78. The number of nitrogens with one attached hydrogen (secondary N) is 1. The fraction of sp³-hybridized carbons (Fsp3) is 0.722. The van der Waals surface area contributed by atoms with Gasteiger partial charge in [0, 0.05) is 31.7 Å². The van der Waals surface area contributed by atoms with Gasteiger partial charge in [0.2, 0.25) is 11.9 Å². The molecule has 1 amide bonds. The molecule has 1 saturated carbocycles. The highest BCUT2D eigenvalue weighted by atomic mass is 16.3. The number of nitrogens with two attached hydrogens (primary N) is 1. The van der Waals surface area contributed by atoms with Gasteiger partial charge in [-0.3, -0.25) is 19.5 Å². The molecule has 2 heterocycles. The molecule has 144 valence electrons. The third-order valence-corrected chi connectivity index (χ3v) is 5.63. The Balaban J connectivity index is 1.54. The zero-order valence-corrected chi connectivity index (χ0v) is 15.4. The summed E-state index contributed by atoms with van der Waals surface area (Å²) in [6.45, 7) is 1.85. The van der Waals surface area contributed by atoms with Crippen molar-refractivity contribution in [3.63, 3.8) is 0 Å². The lowest BCUT2D eigenvalue weighted by Crippen LogP contribution is -2.41. The highest BCUT2D eigenvalue weighted by molar-refractivity contribution is 5.77. The maximum atomic E-state index is 12.6. The summed E-state index contributed by atoms with van der Waals surface area (Å²) in [6, 6.07) is 1.66. The molecule has 1 unspecified atom stereocenters. The predicted molar refractivity (Wildman–Crippen MR) is 98.4 cm³/mol. The van der Waals surface area contributed by atoms with Crippen molar-refractivity contribution in [3.8, 4) is 0 Å². The molecule has 1 atom stereocenters. The molecule has 8 nitrogen and oxygen atoms in total. The van der Waals surface area contributed by atoms with Crippen LogP contribution in [0.3, 0.4) is 0 Å². The standard InChI is InChI=1S/C18H29N5O3/c1-22(11-13-9-15(24)21-17(19)20-13)14-5-8-23(12-14)16(25)10-18(26)6-3-2-4-7-18/h9,14,26H,2-8,10-12H2,1H3,(H3,19,20,21,24). The van der Waals surface area contributed by atoms with E-state index in [4.69, 9.17) is 5.73 Å². The van der Waals surface area contributed by atoms with Crippen molar-refractivity contribution < 1.29 is 9.90 Å². The van der Waals surface area contributed by atoms with Crippen molar-refractivity contribution in [2.45, 2.75) is 63.1 Å². The molecule has 2 aliphatic rings. The van der Waals surface area contributed by atoms with Crippen LogP contribution in [0.15, 0.2) is 10.9 Å². The quantitative estimate of drug-likeness (QED) is 0.700. The number of aliphatic hydroxyl groups is 1. The summed E-state index contributed by atoms with van der Waals surface area (Å²) < 4.78 is 0. The molecule has 1 saturated heterocycles. The summed E-state index contributed by atoms with van der Waals surface area (Å²) in [4.78, 5) is 34.7. The van der Waals surface area contributed by atoms with Crippen molar-refractivity contribution in [1.82, 2.24) is 19.8 Å². The number of aromatic nitrogens is 2. The Morgan fingerprint density at radius 2 is 2.19 bits per heavy atom. The van der Waals surface area contributed by atoms with E-state index in [1.807, 2.05) is 11.9 Å². The number of hydrogen-bond donors (Lipinski definition) is 3. The van der Waals surface area contributed by atoms with Gasteiger partial charge in [-0.05, 0) is 26.3 Å². The average molecular weight is 363 g/mol. The molecule has 1 aromatic rings. The Kier molecular flexibility index (Phi) is 5.62. The van der Waals surface area contributed by atoms with Crippen LogP contribution >= 0.6 is 0 Å². The number of carbonyl (C=O) groups is 1. The van der Waals surface area contributed by atoms with Crippen molar-refractivity contribution in [2.75, 3.05) is 25.9 Å². The number of H-pyrrole nitrogens is 1. The SMILES string of the molecule is CN(Cc1cc(=O)[nH]c(N)n1)C1CCN(C(=O)CC2(O)CCCCC2)C1. The topological polar surface area (TPSA) is 116 Å². The number of aromatic amines is 1. The average Bonchev–Trinajstić information content (AvgIpc) is 3.04. The molecular weight excluding hydrogens is 334 g/mol. The fourth-order valence-corrected chi connectivity index (χ4v) is 4.10. The molecule has 3 rings (SSSR count). The Hall–Kier alpha value is -1.93. The van der Waals surface area contributed by atoms with E-state index < -0.39 is 5.60 Å². The summed E-state index contributed by atoms with van der Waals surface area (Å²) in [5, 5.41) is 10.6. The molecule has 2 fully saturated rings. The summed E-state index contributed by atoms with van der Waals surface area (Å²) in [6.07, 6.45) is 5.71. The molecule has 1 aliphatic carbocycles. The number of hydrogen-bond acceptors (Lipinski definition) is 6. The molecule has 4 N–H and O–H groups in total. The Labute approximate surface area is 153 Å². The van der Waals surface area contributed by atoms with Crippen molar-refractivity contribution >= 4 is 11.9 Å². The number of amides is 1. The minimum absolute atomic E-state index is 0.0452. The summed E-state index contributed by atoms with van der Waals surface area (Å²) in [7, 11) is 1.96. The lowest BCUT2D eigenvalue weighted by Gasteiger charge is -2.33. The third-order valence-electron chi connectivity index (χ3n) is 5.63. The number of nitrogen functional groups attached to an aromatic ring is 1. The predicted octanol–water partition coefficient (Wildman–Crippen LogP) is 0.470. The first-order valence-electron chi connectivity index (χ1n) is 9.41. The summed E-state index contributed by atoms with van der Waals surface area (Å²) >= 11 is 0. The van der Waals surface area contributed by atoms with Gasteiger partial charge in [-0.25, -0.2) is 4.98 Å². The van der Waals surface area contributed by atoms with Gasteiger partial charge in [-0.2, -0.15) is 0 Å². The van der Waals surface area contributed by atoms with Crippen LogP contribution in [0.5, 0.6) is 0 Å². The Morgan fingerprint density at radius 3 is 2.88 bits per heavy atom. The second kappa shape index (κ2) is 7.75. The van der Waals surface area contributed by atoms with Crippen LogP contribution < -0.4 is 11.3 Å².